The first kappa shape index (κ1) is 10.9. The second-order valence-corrected chi connectivity index (χ2v) is 4.37. The Kier molecular flexibility index (Phi) is 4.67. The quantitative estimate of drug-likeness (QED) is 0.706. The predicted molar refractivity (Wildman–Crippen MR) is 60.9 cm³/mol. The van der Waals surface area contributed by atoms with E-state index in [1.807, 2.05) is 0 Å². The van der Waals surface area contributed by atoms with Crippen LogP contribution in [0.15, 0.2) is 0 Å². The highest BCUT2D eigenvalue weighted by Gasteiger charge is 2.19. The Hall–Kier alpha value is -0.150. The lowest BCUT2D eigenvalue weighted by Gasteiger charge is -2.28. The normalized spacial score (nSPS) is 25.5. The highest BCUT2D eigenvalue weighted by Crippen LogP contribution is 2.18. The van der Waals surface area contributed by atoms with E-state index in [2.05, 4.69) is 11.8 Å². The molecule has 1 atom stereocenters. The van der Waals surface area contributed by atoms with Crippen molar-refractivity contribution in [2.75, 3.05) is 13.1 Å². The minimum atomic E-state index is 0.639. The van der Waals surface area contributed by atoms with Crippen LogP contribution in [0.2, 0.25) is 0 Å². The van der Waals surface area contributed by atoms with E-state index in [1.165, 1.54) is 38.6 Å². The molecule has 76 valence electrons. The molecule has 0 aromatic rings. The van der Waals surface area contributed by atoms with Crippen molar-refractivity contribution in [2.24, 2.45) is 5.73 Å². The van der Waals surface area contributed by atoms with Gasteiger partial charge in [0.2, 0.25) is 0 Å². The van der Waals surface area contributed by atoms with Gasteiger partial charge in [0, 0.05) is 12.6 Å². The van der Waals surface area contributed by atoms with Crippen LogP contribution in [-0.2, 0) is 0 Å². The van der Waals surface area contributed by atoms with Crippen molar-refractivity contribution in [3.8, 4) is 0 Å². The molecular weight excluding hydrogens is 180 g/mol. The first-order chi connectivity index (χ1) is 6.24. The molecule has 0 aliphatic carbocycles. The van der Waals surface area contributed by atoms with E-state index >= 15 is 0 Å². The number of hydrogen-bond acceptors (Lipinski definition) is 2. The Bertz CT molecular complexity index is 170. The molecule has 0 aromatic carbocycles. The van der Waals surface area contributed by atoms with E-state index < -0.39 is 0 Å². The lowest BCUT2D eigenvalue weighted by atomic mass is 10.1. The summed E-state index contributed by atoms with van der Waals surface area (Å²) in [6, 6.07) is 0.712. The molecule has 3 heteroatoms. The van der Waals surface area contributed by atoms with Crippen LogP contribution in [0.4, 0.5) is 0 Å². The van der Waals surface area contributed by atoms with Crippen LogP contribution < -0.4 is 5.73 Å². The summed E-state index contributed by atoms with van der Waals surface area (Å²) < 4.78 is 0. The van der Waals surface area contributed by atoms with Gasteiger partial charge in [0.15, 0.2) is 0 Å². The third-order valence-corrected chi connectivity index (χ3v) is 2.96. The zero-order chi connectivity index (χ0) is 9.68. The highest BCUT2D eigenvalue weighted by molar-refractivity contribution is 7.80. The number of nitrogens with zero attached hydrogens (tertiary/aromatic N) is 1. The number of hydrogen-bond donors (Lipinski definition) is 1. The molecule has 0 bridgehead atoms. The average Bonchev–Trinajstić information content (AvgIpc) is 2.28. The smallest absolute Gasteiger partial charge is 0.0870 e. The molecule has 0 spiro atoms. The summed E-state index contributed by atoms with van der Waals surface area (Å²) in [5, 5.41) is 0. The molecule has 1 aliphatic rings. The molecule has 0 amide bonds. The molecule has 13 heavy (non-hydrogen) atoms. The predicted octanol–water partition coefficient (Wildman–Crippen LogP) is 1.93. The monoisotopic (exact) mass is 200 g/mol. The van der Waals surface area contributed by atoms with Gasteiger partial charge in [-0.05, 0) is 25.8 Å². The van der Waals surface area contributed by atoms with Crippen LogP contribution in [0.1, 0.15) is 39.0 Å². The van der Waals surface area contributed by atoms with Gasteiger partial charge >= 0.3 is 0 Å². The van der Waals surface area contributed by atoms with Crippen LogP contribution in [-0.4, -0.2) is 29.0 Å². The fourth-order valence-electron chi connectivity index (χ4n) is 2.11. The fourth-order valence-corrected chi connectivity index (χ4v) is 2.27. The second-order valence-electron chi connectivity index (χ2n) is 3.85. The maximum atomic E-state index is 5.58. The largest absolute Gasteiger partial charge is 0.392 e. The van der Waals surface area contributed by atoms with Gasteiger partial charge in [-0.15, -0.1) is 0 Å². The van der Waals surface area contributed by atoms with Crippen LogP contribution in [0.3, 0.4) is 0 Å². The molecule has 1 heterocycles. The first-order valence-corrected chi connectivity index (χ1v) is 5.67. The molecule has 1 fully saturated rings. The molecule has 1 saturated heterocycles. The van der Waals surface area contributed by atoms with E-state index in [9.17, 15) is 0 Å². The Morgan fingerprint density at radius 2 is 2.23 bits per heavy atom. The molecule has 1 unspecified atom stereocenters. The minimum absolute atomic E-state index is 0.639. The SMILES string of the molecule is CCC1CCCCCN1CC(N)=S. The lowest BCUT2D eigenvalue weighted by Crippen LogP contribution is -2.40. The Labute approximate surface area is 86.5 Å². The summed E-state index contributed by atoms with van der Waals surface area (Å²) in [7, 11) is 0. The molecule has 0 radical (unpaired) electrons. The minimum Gasteiger partial charge on any atom is -0.392 e. The van der Waals surface area contributed by atoms with E-state index in [1.54, 1.807) is 0 Å². The fraction of sp³-hybridized carbons (Fsp3) is 0.900. The second kappa shape index (κ2) is 5.55. The van der Waals surface area contributed by atoms with Gasteiger partial charge in [0.05, 0.1) is 4.99 Å². The highest BCUT2D eigenvalue weighted by atomic mass is 32.1. The third kappa shape index (κ3) is 3.61. The van der Waals surface area contributed by atoms with Gasteiger partial charge in [-0.2, -0.15) is 0 Å². The van der Waals surface area contributed by atoms with Crippen molar-refractivity contribution >= 4 is 17.2 Å². The van der Waals surface area contributed by atoms with E-state index in [4.69, 9.17) is 18.0 Å². The van der Waals surface area contributed by atoms with E-state index in [0.29, 0.717) is 11.0 Å². The van der Waals surface area contributed by atoms with Crippen LogP contribution in [0, 0.1) is 0 Å². The number of thiocarbonyl (C=S) groups is 1. The summed E-state index contributed by atoms with van der Waals surface area (Å²) in [5.41, 5.74) is 5.58. The van der Waals surface area contributed by atoms with Crippen LogP contribution >= 0.6 is 12.2 Å². The van der Waals surface area contributed by atoms with Crippen LogP contribution in [0.5, 0.6) is 0 Å². The van der Waals surface area contributed by atoms with Gasteiger partial charge in [-0.25, -0.2) is 0 Å². The molecule has 1 rings (SSSR count). The van der Waals surface area contributed by atoms with Crippen molar-refractivity contribution in [2.45, 2.75) is 45.1 Å². The number of rotatable bonds is 3. The average molecular weight is 200 g/mol. The van der Waals surface area contributed by atoms with E-state index in [0.717, 1.165) is 6.54 Å². The molecule has 0 aromatic heterocycles. The molecule has 2 nitrogen and oxygen atoms in total. The van der Waals surface area contributed by atoms with Gasteiger partial charge in [0.1, 0.15) is 0 Å². The Morgan fingerprint density at radius 3 is 2.85 bits per heavy atom. The van der Waals surface area contributed by atoms with Gasteiger partial charge in [-0.3, -0.25) is 4.90 Å². The molecule has 0 saturated carbocycles. The van der Waals surface area contributed by atoms with Crippen molar-refractivity contribution < 1.29 is 0 Å². The van der Waals surface area contributed by atoms with Crippen molar-refractivity contribution in [3.63, 3.8) is 0 Å². The summed E-state index contributed by atoms with van der Waals surface area (Å²) in [6.45, 7) is 4.24. The number of nitrogens with two attached hydrogens (primary N) is 1. The maximum Gasteiger partial charge on any atom is 0.0870 e. The van der Waals surface area contributed by atoms with Gasteiger partial charge in [-0.1, -0.05) is 32.0 Å². The van der Waals surface area contributed by atoms with Crippen molar-refractivity contribution in [1.29, 1.82) is 0 Å². The maximum absolute atomic E-state index is 5.58. The lowest BCUT2D eigenvalue weighted by molar-refractivity contribution is 0.223. The third-order valence-electron chi connectivity index (χ3n) is 2.83. The molecule has 2 N–H and O–H groups in total. The Morgan fingerprint density at radius 1 is 1.46 bits per heavy atom. The standard InChI is InChI=1S/C10H20N2S/c1-2-9-6-4-3-5-7-12(9)8-10(11)13/h9H,2-8H2,1H3,(H2,11,13). The van der Waals surface area contributed by atoms with Gasteiger partial charge < -0.3 is 5.73 Å². The molecular formula is C10H20N2S. The van der Waals surface area contributed by atoms with Crippen LogP contribution in [0.25, 0.3) is 0 Å². The number of likely N-dealkylation sites (tertiary alicyclic amines) is 1. The summed E-state index contributed by atoms with van der Waals surface area (Å²) in [5.74, 6) is 0. The van der Waals surface area contributed by atoms with Gasteiger partial charge in [0.25, 0.3) is 0 Å². The van der Waals surface area contributed by atoms with Crippen molar-refractivity contribution in [1.82, 2.24) is 4.90 Å². The first-order valence-electron chi connectivity index (χ1n) is 5.26. The van der Waals surface area contributed by atoms with E-state index in [-0.39, 0.29) is 0 Å². The zero-order valence-corrected chi connectivity index (χ0v) is 9.28. The topological polar surface area (TPSA) is 29.3 Å². The summed E-state index contributed by atoms with van der Waals surface area (Å²) in [4.78, 5) is 3.09. The van der Waals surface area contributed by atoms with Crippen molar-refractivity contribution in [3.05, 3.63) is 0 Å². The summed E-state index contributed by atoms with van der Waals surface area (Å²) in [6.07, 6.45) is 6.58. The zero-order valence-electron chi connectivity index (χ0n) is 8.46. The molecule has 1 aliphatic heterocycles. The Balaban J connectivity index is 2.48. The summed E-state index contributed by atoms with van der Waals surface area (Å²) >= 11 is 4.96.